The summed E-state index contributed by atoms with van der Waals surface area (Å²) >= 11 is 11.9. The largest absolute Gasteiger partial charge is 0.492 e. The highest BCUT2D eigenvalue weighted by atomic mass is 35.5. The summed E-state index contributed by atoms with van der Waals surface area (Å²) in [7, 11) is -3.57. The molecule has 0 saturated carbocycles. The first-order valence-electron chi connectivity index (χ1n) is 10.5. The van der Waals surface area contributed by atoms with Crippen LogP contribution in [0.3, 0.4) is 0 Å². The third-order valence-corrected chi connectivity index (χ3v) is 7.90. The van der Waals surface area contributed by atoms with Gasteiger partial charge in [-0.25, -0.2) is 12.7 Å². The van der Waals surface area contributed by atoms with Crippen molar-refractivity contribution in [3.8, 4) is 5.75 Å². The maximum Gasteiger partial charge on any atom is 0.224 e. The van der Waals surface area contributed by atoms with Gasteiger partial charge in [0.15, 0.2) is 0 Å². The predicted octanol–water partition coefficient (Wildman–Crippen LogP) is 4.35. The molecule has 1 aliphatic rings. The number of piperidine rings is 1. The highest BCUT2D eigenvalue weighted by molar-refractivity contribution is 7.88. The Bertz CT molecular complexity index is 1060. The number of halogens is 2. The Morgan fingerprint density at radius 2 is 1.84 bits per heavy atom. The minimum atomic E-state index is -3.57. The summed E-state index contributed by atoms with van der Waals surface area (Å²) in [6.07, 6.45) is 1.29. The van der Waals surface area contributed by atoms with Gasteiger partial charge in [0.2, 0.25) is 15.9 Å². The Hall–Kier alpha value is -1.80. The molecule has 9 heteroatoms. The number of sulfonamides is 1. The lowest BCUT2D eigenvalue weighted by molar-refractivity contribution is -0.126. The van der Waals surface area contributed by atoms with Gasteiger partial charge in [-0.1, -0.05) is 35.3 Å². The van der Waals surface area contributed by atoms with Crippen molar-refractivity contribution in [1.29, 1.82) is 0 Å². The van der Waals surface area contributed by atoms with Crippen LogP contribution in [0.15, 0.2) is 36.4 Å². The monoisotopic (exact) mass is 498 g/mol. The molecule has 2 aromatic carbocycles. The molecule has 6 nitrogen and oxygen atoms in total. The van der Waals surface area contributed by atoms with Crippen LogP contribution in [-0.2, 0) is 20.6 Å². The second-order valence-corrected chi connectivity index (χ2v) is 10.9. The van der Waals surface area contributed by atoms with Gasteiger partial charge in [0.1, 0.15) is 12.4 Å². The van der Waals surface area contributed by atoms with Gasteiger partial charge < -0.3 is 10.1 Å². The summed E-state index contributed by atoms with van der Waals surface area (Å²) in [5, 5.41) is 3.57. The van der Waals surface area contributed by atoms with Gasteiger partial charge in [0, 0.05) is 13.1 Å². The van der Waals surface area contributed by atoms with Crippen LogP contribution in [0.1, 0.15) is 29.5 Å². The molecule has 1 atom stereocenters. The van der Waals surface area contributed by atoms with E-state index in [-0.39, 0.29) is 24.1 Å². The Morgan fingerprint density at radius 1 is 1.12 bits per heavy atom. The van der Waals surface area contributed by atoms with Crippen molar-refractivity contribution in [2.75, 3.05) is 26.2 Å². The summed E-state index contributed by atoms with van der Waals surface area (Å²) in [5.74, 6) is 0.0631. The number of rotatable bonds is 8. The van der Waals surface area contributed by atoms with Crippen LogP contribution in [0.25, 0.3) is 0 Å². The molecular formula is C23H28Cl2N2O4S. The zero-order valence-corrected chi connectivity index (χ0v) is 20.6. The van der Waals surface area contributed by atoms with E-state index < -0.39 is 10.0 Å². The Labute approximate surface area is 199 Å². The molecule has 0 aromatic heterocycles. The standard InChI is InChI=1S/C23H28Cl2N2O4S/c1-16-10-17(2)12-20(11-16)31-9-7-26-23(28)19-4-3-8-27(14-19)32(29,30)15-18-5-6-21(24)22(25)13-18/h5-6,10-13,19H,3-4,7-9,14-15H2,1-2H3,(H,26,28)/t19-/m1/s1. The molecule has 1 fully saturated rings. The van der Waals surface area contributed by atoms with Gasteiger partial charge in [0.25, 0.3) is 0 Å². The quantitative estimate of drug-likeness (QED) is 0.549. The van der Waals surface area contributed by atoms with E-state index >= 15 is 0 Å². The number of hydrogen-bond acceptors (Lipinski definition) is 4. The molecule has 0 aliphatic carbocycles. The molecule has 1 saturated heterocycles. The van der Waals surface area contributed by atoms with Crippen LogP contribution in [0.4, 0.5) is 0 Å². The number of benzene rings is 2. The zero-order chi connectivity index (χ0) is 23.3. The molecule has 32 heavy (non-hydrogen) atoms. The number of amides is 1. The van der Waals surface area contributed by atoms with E-state index in [0.717, 1.165) is 16.9 Å². The van der Waals surface area contributed by atoms with Crippen LogP contribution >= 0.6 is 23.2 Å². The number of carbonyl (C=O) groups is 1. The van der Waals surface area contributed by atoms with Gasteiger partial charge in [0.05, 0.1) is 28.3 Å². The van der Waals surface area contributed by atoms with Crippen LogP contribution in [0.2, 0.25) is 10.0 Å². The second kappa shape index (κ2) is 10.9. The SMILES string of the molecule is Cc1cc(C)cc(OCCNC(=O)[C@@H]2CCCN(S(=O)(=O)Cc3ccc(Cl)c(Cl)c3)C2)c1. The van der Waals surface area contributed by atoms with Crippen LogP contribution < -0.4 is 10.1 Å². The number of carbonyl (C=O) groups excluding carboxylic acids is 1. The highest BCUT2D eigenvalue weighted by Crippen LogP contribution is 2.26. The molecular weight excluding hydrogens is 471 g/mol. The Balaban J connectivity index is 1.50. The van der Waals surface area contributed by atoms with Gasteiger partial charge in [-0.3, -0.25) is 4.79 Å². The van der Waals surface area contributed by atoms with Crippen molar-refractivity contribution in [1.82, 2.24) is 9.62 Å². The van der Waals surface area contributed by atoms with E-state index in [1.807, 2.05) is 26.0 Å². The molecule has 0 spiro atoms. The Morgan fingerprint density at radius 3 is 2.53 bits per heavy atom. The third-order valence-electron chi connectivity index (χ3n) is 5.35. The van der Waals surface area contributed by atoms with Crippen molar-refractivity contribution in [3.05, 3.63) is 63.1 Å². The topological polar surface area (TPSA) is 75.7 Å². The number of hydrogen-bond donors (Lipinski definition) is 1. The van der Waals surface area contributed by atoms with Crippen molar-refractivity contribution < 1.29 is 17.9 Å². The van der Waals surface area contributed by atoms with Gasteiger partial charge in [-0.2, -0.15) is 0 Å². The highest BCUT2D eigenvalue weighted by Gasteiger charge is 2.32. The lowest BCUT2D eigenvalue weighted by atomic mass is 9.99. The van der Waals surface area contributed by atoms with E-state index in [1.54, 1.807) is 18.2 Å². The molecule has 1 N–H and O–H groups in total. The summed E-state index contributed by atoms with van der Waals surface area (Å²) in [6, 6.07) is 10.8. The van der Waals surface area contributed by atoms with E-state index in [9.17, 15) is 13.2 Å². The fourth-order valence-corrected chi connectivity index (χ4v) is 5.76. The average Bonchev–Trinajstić information content (AvgIpc) is 2.73. The molecule has 0 radical (unpaired) electrons. The number of ether oxygens (including phenoxy) is 1. The zero-order valence-electron chi connectivity index (χ0n) is 18.2. The predicted molar refractivity (Wildman–Crippen MR) is 128 cm³/mol. The first kappa shape index (κ1) is 24.8. The smallest absolute Gasteiger partial charge is 0.224 e. The van der Waals surface area contributed by atoms with Crippen molar-refractivity contribution >= 4 is 39.1 Å². The normalized spacial score (nSPS) is 17.2. The van der Waals surface area contributed by atoms with Gasteiger partial charge in [-0.05, 0) is 67.6 Å². The van der Waals surface area contributed by atoms with Crippen LogP contribution in [0, 0.1) is 19.8 Å². The fourth-order valence-electron chi connectivity index (χ4n) is 3.84. The summed E-state index contributed by atoms with van der Waals surface area (Å²) in [6.45, 7) is 5.30. The molecule has 0 unspecified atom stereocenters. The van der Waals surface area contributed by atoms with Crippen molar-refractivity contribution in [2.24, 2.45) is 5.92 Å². The molecule has 1 amide bonds. The molecule has 3 rings (SSSR count). The molecule has 1 aliphatic heterocycles. The average molecular weight is 499 g/mol. The lowest BCUT2D eigenvalue weighted by Crippen LogP contribution is -2.46. The van der Waals surface area contributed by atoms with E-state index in [1.165, 1.54) is 4.31 Å². The van der Waals surface area contributed by atoms with Gasteiger partial charge in [-0.15, -0.1) is 0 Å². The number of nitrogens with one attached hydrogen (secondary N) is 1. The van der Waals surface area contributed by atoms with Crippen LogP contribution in [-0.4, -0.2) is 44.9 Å². The third kappa shape index (κ3) is 6.85. The summed E-state index contributed by atoms with van der Waals surface area (Å²) < 4.78 is 32.9. The van der Waals surface area contributed by atoms with Crippen molar-refractivity contribution in [3.63, 3.8) is 0 Å². The fraction of sp³-hybridized carbons (Fsp3) is 0.435. The first-order valence-corrected chi connectivity index (χ1v) is 12.9. The molecule has 1 heterocycles. The number of aryl methyl sites for hydroxylation is 2. The molecule has 2 aromatic rings. The lowest BCUT2D eigenvalue weighted by Gasteiger charge is -2.31. The summed E-state index contributed by atoms with van der Waals surface area (Å²) in [4.78, 5) is 12.6. The van der Waals surface area contributed by atoms with E-state index in [4.69, 9.17) is 27.9 Å². The maximum absolute atomic E-state index is 12.9. The van der Waals surface area contributed by atoms with Crippen LogP contribution in [0.5, 0.6) is 5.75 Å². The number of nitrogens with zero attached hydrogens (tertiary/aromatic N) is 1. The second-order valence-electron chi connectivity index (χ2n) is 8.16. The maximum atomic E-state index is 12.9. The molecule has 0 bridgehead atoms. The Kier molecular flexibility index (Phi) is 8.44. The van der Waals surface area contributed by atoms with E-state index in [2.05, 4.69) is 11.4 Å². The van der Waals surface area contributed by atoms with Crippen molar-refractivity contribution in [2.45, 2.75) is 32.4 Å². The van der Waals surface area contributed by atoms with E-state index in [0.29, 0.717) is 48.1 Å². The van der Waals surface area contributed by atoms with Gasteiger partial charge >= 0.3 is 0 Å². The summed E-state index contributed by atoms with van der Waals surface area (Å²) in [5.41, 5.74) is 2.80. The minimum absolute atomic E-state index is 0.150. The first-order chi connectivity index (χ1) is 15.1. The minimum Gasteiger partial charge on any atom is -0.492 e. The molecule has 174 valence electrons.